The highest BCUT2D eigenvalue weighted by atomic mass is 32.2. The van der Waals surface area contributed by atoms with Gasteiger partial charge in [-0.05, 0) is 38.0 Å². The van der Waals surface area contributed by atoms with Crippen LogP contribution in [-0.4, -0.2) is 27.3 Å². The van der Waals surface area contributed by atoms with Crippen molar-refractivity contribution < 1.29 is 9.18 Å². The summed E-state index contributed by atoms with van der Waals surface area (Å²) < 4.78 is 14.5. The molecule has 2 aromatic rings. The van der Waals surface area contributed by atoms with E-state index in [2.05, 4.69) is 10.3 Å². The van der Waals surface area contributed by atoms with Gasteiger partial charge in [-0.15, -0.1) is 0 Å². The largest absolute Gasteiger partial charge is 0.355 e. The minimum atomic E-state index is -0.345. The Hall–Kier alpha value is -2.15. The smallest absolute Gasteiger partial charge is 0.257 e. The molecule has 2 rings (SSSR count). The second-order valence-corrected chi connectivity index (χ2v) is 7.48. The Morgan fingerprint density at radius 3 is 2.62 bits per heavy atom. The number of halogens is 1. The van der Waals surface area contributed by atoms with Crippen LogP contribution in [0.4, 0.5) is 4.39 Å². The van der Waals surface area contributed by atoms with Crippen LogP contribution in [0.1, 0.15) is 37.1 Å². The Morgan fingerprint density at radius 1 is 1.35 bits per heavy atom. The zero-order valence-electron chi connectivity index (χ0n) is 15.5. The van der Waals surface area contributed by atoms with E-state index in [4.69, 9.17) is 0 Å². The lowest BCUT2D eigenvalue weighted by Gasteiger charge is -2.15. The summed E-state index contributed by atoms with van der Waals surface area (Å²) in [6, 6.07) is 6.08. The van der Waals surface area contributed by atoms with Gasteiger partial charge in [-0.1, -0.05) is 30.8 Å². The van der Waals surface area contributed by atoms with Crippen molar-refractivity contribution in [3.63, 3.8) is 0 Å². The molecule has 0 saturated heterocycles. The molecule has 0 spiro atoms. The minimum Gasteiger partial charge on any atom is -0.355 e. The number of carbonyl (C=O) groups excluding carboxylic acids is 1. The first kappa shape index (κ1) is 20.2. The lowest BCUT2D eigenvalue weighted by atomic mass is 10.1. The number of hydrogen-bond donors (Lipinski definition) is 1. The predicted octanol–water partition coefficient (Wildman–Crippen LogP) is 2.83. The second-order valence-electron chi connectivity index (χ2n) is 6.18. The summed E-state index contributed by atoms with van der Waals surface area (Å²) in [5.74, 6) is -0.377. The van der Waals surface area contributed by atoms with Crippen molar-refractivity contribution in [2.24, 2.45) is 7.05 Å². The van der Waals surface area contributed by atoms with Crippen LogP contribution >= 0.6 is 11.8 Å². The Balaban J connectivity index is 2.22. The highest BCUT2D eigenvalue weighted by Gasteiger charge is 2.19. The number of benzene rings is 1. The van der Waals surface area contributed by atoms with Gasteiger partial charge in [0.05, 0.1) is 5.25 Å². The molecule has 1 N–H and O–H groups in total. The molecule has 1 aromatic carbocycles. The van der Waals surface area contributed by atoms with E-state index in [0.717, 1.165) is 12.0 Å². The number of amides is 1. The normalized spacial score (nSPS) is 12.0. The monoisotopic (exact) mass is 377 g/mol. The third-order valence-electron chi connectivity index (χ3n) is 4.04. The maximum Gasteiger partial charge on any atom is 0.257 e. The molecule has 0 saturated carbocycles. The summed E-state index contributed by atoms with van der Waals surface area (Å²) in [6.45, 7) is 6.20. The number of nitrogens with zero attached hydrogens (tertiary/aromatic N) is 2. The zero-order chi connectivity index (χ0) is 19.3. The SMILES string of the molecule is CCCNC(=O)C(C)Sc1nc(C)c(Cc2ccc(F)cc2)c(=O)n1C. The van der Waals surface area contributed by atoms with Crippen molar-refractivity contribution in [3.05, 3.63) is 57.3 Å². The van der Waals surface area contributed by atoms with Gasteiger partial charge in [0.1, 0.15) is 5.82 Å². The maximum atomic E-state index is 13.1. The van der Waals surface area contributed by atoms with E-state index in [0.29, 0.717) is 29.4 Å². The molecule has 0 fully saturated rings. The molecule has 0 aliphatic rings. The molecule has 1 unspecified atom stereocenters. The Bertz CT molecular complexity index is 834. The quantitative estimate of drug-likeness (QED) is 0.595. The molecule has 1 atom stereocenters. The van der Waals surface area contributed by atoms with E-state index in [-0.39, 0.29) is 22.5 Å². The Kier molecular flexibility index (Phi) is 6.97. The zero-order valence-corrected chi connectivity index (χ0v) is 16.3. The third kappa shape index (κ3) is 4.94. The standard InChI is InChI=1S/C19H24FN3O2S/c1-5-10-21-17(24)13(3)26-19-22-12(2)16(18(25)23(19)4)11-14-6-8-15(20)9-7-14/h6-9,13H,5,10-11H2,1-4H3,(H,21,24). The molecule has 0 aliphatic heterocycles. The van der Waals surface area contributed by atoms with Gasteiger partial charge >= 0.3 is 0 Å². The van der Waals surface area contributed by atoms with Gasteiger partial charge in [-0.2, -0.15) is 0 Å². The number of hydrogen-bond acceptors (Lipinski definition) is 4. The van der Waals surface area contributed by atoms with Crippen LogP contribution < -0.4 is 10.9 Å². The van der Waals surface area contributed by atoms with Crippen LogP contribution in [0.15, 0.2) is 34.2 Å². The number of carbonyl (C=O) groups is 1. The molecule has 0 radical (unpaired) electrons. The first-order valence-electron chi connectivity index (χ1n) is 8.58. The molecule has 0 aliphatic carbocycles. The predicted molar refractivity (Wildman–Crippen MR) is 102 cm³/mol. The van der Waals surface area contributed by atoms with Crippen molar-refractivity contribution in [2.75, 3.05) is 6.54 Å². The van der Waals surface area contributed by atoms with Gasteiger partial charge in [0, 0.05) is 31.3 Å². The van der Waals surface area contributed by atoms with Gasteiger partial charge in [0.15, 0.2) is 5.16 Å². The summed E-state index contributed by atoms with van der Waals surface area (Å²) in [7, 11) is 1.65. The van der Waals surface area contributed by atoms with E-state index in [9.17, 15) is 14.0 Å². The van der Waals surface area contributed by atoms with Crippen LogP contribution in [0.5, 0.6) is 0 Å². The number of aryl methyl sites for hydroxylation is 1. The van der Waals surface area contributed by atoms with E-state index in [1.54, 1.807) is 33.0 Å². The fourth-order valence-corrected chi connectivity index (χ4v) is 3.39. The van der Waals surface area contributed by atoms with Crippen molar-refractivity contribution in [3.8, 4) is 0 Å². The molecule has 7 heteroatoms. The topological polar surface area (TPSA) is 64.0 Å². The Morgan fingerprint density at radius 2 is 2.00 bits per heavy atom. The van der Waals surface area contributed by atoms with Crippen LogP contribution in [0.2, 0.25) is 0 Å². The molecular formula is C19H24FN3O2S. The van der Waals surface area contributed by atoms with Crippen molar-refractivity contribution in [2.45, 2.75) is 44.0 Å². The van der Waals surface area contributed by atoms with Gasteiger partial charge < -0.3 is 5.32 Å². The average Bonchev–Trinajstić information content (AvgIpc) is 2.62. The lowest BCUT2D eigenvalue weighted by molar-refractivity contribution is -0.120. The first-order valence-corrected chi connectivity index (χ1v) is 9.46. The highest BCUT2D eigenvalue weighted by molar-refractivity contribution is 8.00. The molecule has 1 heterocycles. The van der Waals surface area contributed by atoms with Crippen LogP contribution in [0.25, 0.3) is 0 Å². The molecule has 26 heavy (non-hydrogen) atoms. The van der Waals surface area contributed by atoms with E-state index >= 15 is 0 Å². The molecule has 140 valence electrons. The molecule has 0 bridgehead atoms. The first-order chi connectivity index (χ1) is 12.3. The van der Waals surface area contributed by atoms with Crippen LogP contribution in [0, 0.1) is 12.7 Å². The molecule has 1 amide bonds. The maximum absolute atomic E-state index is 13.1. The minimum absolute atomic E-state index is 0.0702. The van der Waals surface area contributed by atoms with E-state index in [1.807, 2.05) is 6.92 Å². The van der Waals surface area contributed by atoms with E-state index in [1.165, 1.54) is 28.5 Å². The number of rotatable bonds is 7. The fraction of sp³-hybridized carbons (Fsp3) is 0.421. The Labute approximate surface area is 157 Å². The van der Waals surface area contributed by atoms with Crippen molar-refractivity contribution >= 4 is 17.7 Å². The molecule has 1 aromatic heterocycles. The van der Waals surface area contributed by atoms with Gasteiger partial charge in [0.2, 0.25) is 5.91 Å². The third-order valence-corrected chi connectivity index (χ3v) is 5.19. The van der Waals surface area contributed by atoms with Gasteiger partial charge in [-0.25, -0.2) is 9.37 Å². The summed E-state index contributed by atoms with van der Waals surface area (Å²) in [6.07, 6.45) is 1.26. The number of nitrogens with one attached hydrogen (secondary N) is 1. The summed E-state index contributed by atoms with van der Waals surface area (Å²) >= 11 is 1.26. The van der Waals surface area contributed by atoms with Crippen molar-refractivity contribution in [1.29, 1.82) is 0 Å². The summed E-state index contributed by atoms with van der Waals surface area (Å²) in [5.41, 5.74) is 1.90. The molecular weight excluding hydrogens is 353 g/mol. The van der Waals surface area contributed by atoms with Gasteiger partial charge in [0.25, 0.3) is 5.56 Å². The molecule has 5 nitrogen and oxygen atoms in total. The van der Waals surface area contributed by atoms with Crippen LogP contribution in [-0.2, 0) is 18.3 Å². The number of aromatic nitrogens is 2. The van der Waals surface area contributed by atoms with E-state index < -0.39 is 0 Å². The number of thioether (sulfide) groups is 1. The average molecular weight is 377 g/mol. The highest BCUT2D eigenvalue weighted by Crippen LogP contribution is 2.21. The lowest BCUT2D eigenvalue weighted by Crippen LogP contribution is -2.32. The van der Waals surface area contributed by atoms with Crippen LogP contribution in [0.3, 0.4) is 0 Å². The second kappa shape index (κ2) is 8.98. The summed E-state index contributed by atoms with van der Waals surface area (Å²) in [5, 5.41) is 3.01. The fourth-order valence-electron chi connectivity index (χ4n) is 2.45. The summed E-state index contributed by atoms with van der Waals surface area (Å²) in [4.78, 5) is 29.3. The van der Waals surface area contributed by atoms with Crippen molar-refractivity contribution in [1.82, 2.24) is 14.9 Å². The van der Waals surface area contributed by atoms with Gasteiger partial charge in [-0.3, -0.25) is 14.2 Å².